The molecule has 3 amide bonds. The van der Waals surface area contributed by atoms with Crippen LogP contribution >= 0.6 is 0 Å². The van der Waals surface area contributed by atoms with E-state index in [-0.39, 0.29) is 12.8 Å². The molecule has 40 heavy (non-hydrogen) atoms. The number of carbonyl (C=O) groups is 4. The summed E-state index contributed by atoms with van der Waals surface area (Å²) in [5.74, 6) is -3.77. The van der Waals surface area contributed by atoms with Crippen LogP contribution in [-0.4, -0.2) is 69.2 Å². The normalized spacial score (nSPS) is 15.1. The molecule has 0 aliphatic rings. The molecular weight excluding hydrogens is 514 g/mol. The van der Waals surface area contributed by atoms with Gasteiger partial charge in [-0.1, -0.05) is 62.4 Å². The number of nitrogens with two attached hydrogens (primary N) is 1. The predicted molar refractivity (Wildman–Crippen MR) is 150 cm³/mol. The second kappa shape index (κ2) is 13.7. The van der Waals surface area contributed by atoms with Crippen LogP contribution < -0.4 is 21.7 Å². The van der Waals surface area contributed by atoms with Gasteiger partial charge in [0.05, 0.1) is 12.1 Å². The van der Waals surface area contributed by atoms with Gasteiger partial charge >= 0.3 is 5.97 Å². The number of aromatic nitrogens is 1. The Kier molecular flexibility index (Phi) is 10.4. The molecular formula is C29H37N5O6. The fraction of sp³-hybridized carbons (Fsp3) is 0.379. The second-order valence-corrected chi connectivity index (χ2v) is 10.2. The number of aliphatic hydroxyl groups excluding tert-OH is 1. The van der Waals surface area contributed by atoms with E-state index in [9.17, 15) is 29.4 Å². The molecule has 11 nitrogen and oxygen atoms in total. The van der Waals surface area contributed by atoms with Crippen molar-refractivity contribution >= 4 is 34.6 Å². The highest BCUT2D eigenvalue weighted by molar-refractivity contribution is 5.95. The summed E-state index contributed by atoms with van der Waals surface area (Å²) in [4.78, 5) is 54.1. The fourth-order valence-corrected chi connectivity index (χ4v) is 4.38. The van der Waals surface area contributed by atoms with E-state index >= 15 is 0 Å². The van der Waals surface area contributed by atoms with Gasteiger partial charge in [-0.3, -0.25) is 14.4 Å². The van der Waals surface area contributed by atoms with Crippen LogP contribution in [0.4, 0.5) is 0 Å². The monoisotopic (exact) mass is 551 g/mol. The molecule has 0 saturated carbocycles. The third-order valence-corrected chi connectivity index (χ3v) is 6.66. The Balaban J connectivity index is 1.73. The summed E-state index contributed by atoms with van der Waals surface area (Å²) < 4.78 is 0. The molecule has 0 bridgehead atoms. The molecule has 214 valence electrons. The van der Waals surface area contributed by atoms with Gasteiger partial charge in [0, 0.05) is 23.5 Å². The molecule has 0 spiro atoms. The Morgan fingerprint density at radius 1 is 0.825 bits per heavy atom. The minimum atomic E-state index is -1.41. The summed E-state index contributed by atoms with van der Waals surface area (Å²) >= 11 is 0. The highest BCUT2D eigenvalue weighted by atomic mass is 16.4. The molecule has 11 heteroatoms. The van der Waals surface area contributed by atoms with Gasteiger partial charge in [0.1, 0.15) is 18.1 Å². The van der Waals surface area contributed by atoms with E-state index in [0.717, 1.165) is 22.0 Å². The van der Waals surface area contributed by atoms with Gasteiger partial charge in [0.2, 0.25) is 17.7 Å². The molecule has 3 rings (SSSR count). The number of carboxylic acids is 1. The molecule has 1 heterocycles. The summed E-state index contributed by atoms with van der Waals surface area (Å²) in [6.07, 6.45) is 0.704. The van der Waals surface area contributed by atoms with E-state index in [2.05, 4.69) is 20.9 Å². The van der Waals surface area contributed by atoms with E-state index in [1.165, 1.54) is 6.92 Å². The Morgan fingerprint density at radius 2 is 1.45 bits per heavy atom. The number of carboxylic acid groups (broad SMARTS) is 1. The Hall–Kier alpha value is -4.22. The number of nitrogens with one attached hydrogen (secondary N) is 4. The molecule has 0 aliphatic carbocycles. The molecule has 0 saturated heterocycles. The molecule has 5 atom stereocenters. The Bertz CT molecular complexity index is 1320. The van der Waals surface area contributed by atoms with Crippen LogP contribution in [0.2, 0.25) is 0 Å². The smallest absolute Gasteiger partial charge is 0.326 e. The summed E-state index contributed by atoms with van der Waals surface area (Å²) in [7, 11) is 0. The first-order chi connectivity index (χ1) is 19.0. The standard InChI is InChI=1S/C29H37N5O6/c1-16(2)24(29(39)40)33-27(37)23(13-18-9-5-4-6-10-18)32-28(38)25(17(3)35)34-26(36)21(30)14-19-15-31-22-12-8-7-11-20(19)22/h4-12,15-17,21,23-25,31,35H,13-14,30H2,1-3H3,(H,32,38)(H,33,37)(H,34,36)(H,39,40). The second-order valence-electron chi connectivity index (χ2n) is 10.2. The maximum Gasteiger partial charge on any atom is 0.326 e. The number of amides is 3. The van der Waals surface area contributed by atoms with Crippen molar-refractivity contribution < 1.29 is 29.4 Å². The number of rotatable bonds is 13. The average molecular weight is 552 g/mol. The minimum Gasteiger partial charge on any atom is -0.480 e. The topological polar surface area (TPSA) is 187 Å². The van der Waals surface area contributed by atoms with E-state index in [4.69, 9.17) is 5.73 Å². The first-order valence-electron chi connectivity index (χ1n) is 13.1. The minimum absolute atomic E-state index is 0.0589. The molecule has 0 fully saturated rings. The Morgan fingerprint density at radius 3 is 2.08 bits per heavy atom. The van der Waals surface area contributed by atoms with Crippen LogP contribution in [0.25, 0.3) is 10.9 Å². The van der Waals surface area contributed by atoms with Gasteiger partial charge in [0.25, 0.3) is 0 Å². The average Bonchev–Trinajstić information content (AvgIpc) is 3.32. The van der Waals surface area contributed by atoms with Crippen LogP contribution in [0, 0.1) is 5.92 Å². The third kappa shape index (κ3) is 7.90. The molecule has 0 radical (unpaired) electrons. The van der Waals surface area contributed by atoms with Crippen molar-refractivity contribution in [3.05, 3.63) is 71.9 Å². The summed E-state index contributed by atoms with van der Waals surface area (Å²) in [5.41, 5.74) is 8.60. The van der Waals surface area contributed by atoms with Crippen LogP contribution in [0.5, 0.6) is 0 Å². The van der Waals surface area contributed by atoms with Gasteiger partial charge in [-0.15, -0.1) is 0 Å². The molecule has 8 N–H and O–H groups in total. The number of carbonyl (C=O) groups excluding carboxylic acids is 3. The van der Waals surface area contributed by atoms with Gasteiger partial charge in [-0.05, 0) is 36.5 Å². The van der Waals surface area contributed by atoms with Gasteiger partial charge < -0.3 is 36.9 Å². The number of H-pyrrole nitrogens is 1. The summed E-state index contributed by atoms with van der Waals surface area (Å²) in [6, 6.07) is 11.7. The summed E-state index contributed by atoms with van der Waals surface area (Å²) in [6.45, 7) is 4.64. The fourth-order valence-electron chi connectivity index (χ4n) is 4.38. The first-order valence-corrected chi connectivity index (χ1v) is 13.1. The molecule has 5 unspecified atom stereocenters. The zero-order valence-electron chi connectivity index (χ0n) is 22.8. The quantitative estimate of drug-likeness (QED) is 0.164. The van der Waals surface area contributed by atoms with Gasteiger partial charge in [-0.2, -0.15) is 0 Å². The number of fused-ring (bicyclic) bond motifs is 1. The number of aliphatic hydroxyl groups is 1. The predicted octanol–water partition coefficient (Wildman–Crippen LogP) is 0.856. The van der Waals surface area contributed by atoms with Crippen molar-refractivity contribution in [2.45, 2.75) is 63.9 Å². The lowest BCUT2D eigenvalue weighted by molar-refractivity contribution is -0.143. The lowest BCUT2D eigenvalue weighted by Crippen LogP contribution is -2.60. The molecule has 3 aromatic rings. The highest BCUT2D eigenvalue weighted by Gasteiger charge is 2.33. The van der Waals surface area contributed by atoms with E-state index in [1.807, 2.05) is 24.3 Å². The Labute approximate surface area is 232 Å². The van der Waals surface area contributed by atoms with Crippen molar-refractivity contribution in [2.24, 2.45) is 11.7 Å². The third-order valence-electron chi connectivity index (χ3n) is 6.66. The number of para-hydroxylation sites is 1. The van der Waals surface area contributed by atoms with Crippen LogP contribution in [0.1, 0.15) is 31.9 Å². The zero-order chi connectivity index (χ0) is 29.4. The zero-order valence-corrected chi connectivity index (χ0v) is 22.8. The van der Waals surface area contributed by atoms with Crippen molar-refractivity contribution in [2.75, 3.05) is 0 Å². The van der Waals surface area contributed by atoms with Crippen molar-refractivity contribution in [1.82, 2.24) is 20.9 Å². The van der Waals surface area contributed by atoms with Gasteiger partial charge in [-0.25, -0.2) is 4.79 Å². The molecule has 1 aromatic heterocycles. The van der Waals surface area contributed by atoms with Crippen LogP contribution in [0.3, 0.4) is 0 Å². The largest absolute Gasteiger partial charge is 0.480 e. The number of benzene rings is 2. The van der Waals surface area contributed by atoms with Gasteiger partial charge in [0.15, 0.2) is 0 Å². The van der Waals surface area contributed by atoms with E-state index in [0.29, 0.717) is 0 Å². The van der Waals surface area contributed by atoms with E-state index in [1.54, 1.807) is 50.4 Å². The number of hydrogen-bond donors (Lipinski definition) is 7. The molecule has 0 aliphatic heterocycles. The van der Waals surface area contributed by atoms with Crippen molar-refractivity contribution in [3.63, 3.8) is 0 Å². The lowest BCUT2D eigenvalue weighted by Gasteiger charge is -2.27. The SMILES string of the molecule is CC(C)C(NC(=O)C(Cc1ccccc1)NC(=O)C(NC(=O)C(N)Cc1c[nH]c2ccccc12)C(C)O)C(=O)O. The number of hydrogen-bond acceptors (Lipinski definition) is 6. The lowest BCUT2D eigenvalue weighted by atomic mass is 10.0. The maximum absolute atomic E-state index is 13.3. The maximum atomic E-state index is 13.3. The first kappa shape index (κ1) is 30.3. The number of aliphatic carboxylic acids is 1. The van der Waals surface area contributed by atoms with E-state index < -0.39 is 59.9 Å². The number of aromatic amines is 1. The molecule has 2 aromatic carbocycles. The van der Waals surface area contributed by atoms with Crippen molar-refractivity contribution in [3.8, 4) is 0 Å². The van der Waals surface area contributed by atoms with Crippen molar-refractivity contribution in [1.29, 1.82) is 0 Å². The summed E-state index contributed by atoms with van der Waals surface area (Å²) in [5, 5.41) is 28.3. The highest BCUT2D eigenvalue weighted by Crippen LogP contribution is 2.19. The van der Waals surface area contributed by atoms with Crippen LogP contribution in [-0.2, 0) is 32.0 Å². The van der Waals surface area contributed by atoms with Crippen LogP contribution in [0.15, 0.2) is 60.8 Å².